The Bertz CT molecular complexity index is 1650. The van der Waals surface area contributed by atoms with Crippen LogP contribution < -0.4 is 19.3 Å². The van der Waals surface area contributed by atoms with Gasteiger partial charge in [-0.2, -0.15) is 26.3 Å². The van der Waals surface area contributed by atoms with Gasteiger partial charge in [0, 0.05) is 0 Å². The Hall–Kier alpha value is -4.62. The number of aryl methyl sites for hydroxylation is 4. The molecule has 2 heterocycles. The van der Waals surface area contributed by atoms with Crippen LogP contribution in [-0.2, 0) is 32.6 Å². The molecule has 0 fully saturated rings. The molecule has 8 nitrogen and oxygen atoms in total. The van der Waals surface area contributed by atoms with Crippen molar-refractivity contribution in [1.82, 2.24) is 9.13 Å². The van der Waals surface area contributed by atoms with Crippen LogP contribution in [0.2, 0.25) is 0 Å². The van der Waals surface area contributed by atoms with Crippen molar-refractivity contribution in [2.24, 2.45) is 24.1 Å². The third kappa shape index (κ3) is 5.60. The van der Waals surface area contributed by atoms with Crippen molar-refractivity contribution in [2.45, 2.75) is 44.7 Å². The Morgan fingerprint density at radius 2 is 1.16 bits per heavy atom. The number of imidazole rings is 2. The zero-order valence-electron chi connectivity index (χ0n) is 23.6. The molecule has 0 spiro atoms. The molecule has 0 atom stereocenters. The van der Waals surface area contributed by atoms with Crippen LogP contribution in [0, 0.1) is 0 Å². The number of hydrogen-bond donors (Lipinski definition) is 0. The molecular weight excluding hydrogens is 578 g/mol. The average Bonchev–Trinajstić information content (AvgIpc) is 3.50. The molecule has 2 aromatic heterocycles. The number of aliphatic imine (C=N–C) groups is 2. The average molecular weight is 607 g/mol. The van der Waals surface area contributed by atoms with Crippen molar-refractivity contribution in [2.75, 3.05) is 0 Å². The van der Waals surface area contributed by atoms with Gasteiger partial charge < -0.3 is 10.2 Å². The fourth-order valence-electron chi connectivity index (χ4n) is 5.02. The van der Waals surface area contributed by atoms with Gasteiger partial charge in [0.1, 0.15) is 24.8 Å². The van der Waals surface area contributed by atoms with Crippen LogP contribution in [0.1, 0.15) is 36.6 Å². The first kappa shape index (κ1) is 31.3. The molecule has 14 heteroatoms. The van der Waals surface area contributed by atoms with Crippen molar-refractivity contribution < 1.29 is 45.7 Å². The first-order chi connectivity index (χ1) is 20.1. The van der Waals surface area contributed by atoms with E-state index in [2.05, 4.69) is 9.98 Å². The van der Waals surface area contributed by atoms with Gasteiger partial charge in [0.05, 0.1) is 50.4 Å². The Morgan fingerprint density at radius 1 is 0.698 bits per heavy atom. The molecule has 0 N–H and O–H groups in total. The van der Waals surface area contributed by atoms with E-state index in [1.807, 2.05) is 0 Å². The van der Waals surface area contributed by atoms with Crippen LogP contribution in [0.15, 0.2) is 83.3 Å². The molecule has 0 radical (unpaired) electrons. The number of alkyl halides is 6. The number of benzene rings is 2. The lowest BCUT2D eigenvalue weighted by Gasteiger charge is -2.38. The Kier molecular flexibility index (Phi) is 8.43. The summed E-state index contributed by atoms with van der Waals surface area (Å²) in [5.41, 5.74) is -7.30. The minimum Gasteiger partial charge on any atom is -0.853 e. The molecule has 0 bridgehead atoms. The second-order valence-corrected chi connectivity index (χ2v) is 9.71. The topological polar surface area (TPSA) is 88.5 Å². The van der Waals surface area contributed by atoms with Crippen molar-refractivity contribution in [1.29, 1.82) is 0 Å². The van der Waals surface area contributed by atoms with Gasteiger partial charge in [-0.3, -0.25) is 9.98 Å². The van der Waals surface area contributed by atoms with Gasteiger partial charge in [-0.15, -0.1) is 0 Å². The number of rotatable bonds is 8. The van der Waals surface area contributed by atoms with E-state index in [4.69, 9.17) is 0 Å². The van der Waals surface area contributed by atoms with Gasteiger partial charge in [-0.25, -0.2) is 18.3 Å². The number of nitrogens with zero attached hydrogens (tertiary/aromatic N) is 6. The molecule has 0 unspecified atom stereocenters. The molecule has 0 saturated heterocycles. The molecule has 0 saturated carbocycles. The van der Waals surface area contributed by atoms with E-state index in [-0.39, 0.29) is 23.0 Å². The largest absolute Gasteiger partial charge is 0.853 e. The molecule has 0 aliphatic heterocycles. The third-order valence-electron chi connectivity index (χ3n) is 7.11. The summed E-state index contributed by atoms with van der Waals surface area (Å²) >= 11 is 0. The van der Waals surface area contributed by atoms with Gasteiger partial charge in [0.25, 0.3) is 11.6 Å². The summed E-state index contributed by atoms with van der Waals surface area (Å²) in [6.07, 6.45) is -5.29. The molecule has 4 rings (SSSR count). The smallest absolute Gasteiger partial charge is 0.411 e. The van der Waals surface area contributed by atoms with Gasteiger partial charge in [-0.1, -0.05) is 24.3 Å². The third-order valence-corrected chi connectivity index (χ3v) is 7.11. The maximum absolute atomic E-state index is 14.7. The summed E-state index contributed by atoms with van der Waals surface area (Å²) in [5.74, 6) is -1.28. The van der Waals surface area contributed by atoms with Crippen LogP contribution in [0.25, 0.3) is 0 Å². The lowest BCUT2D eigenvalue weighted by atomic mass is 9.72. The first-order valence-corrected chi connectivity index (χ1v) is 13.1. The number of halogens is 6. The fourth-order valence-corrected chi connectivity index (χ4v) is 5.02. The minimum atomic E-state index is -5.86. The predicted molar refractivity (Wildman–Crippen MR) is 141 cm³/mol. The van der Waals surface area contributed by atoms with Crippen LogP contribution in [0.4, 0.5) is 37.7 Å². The minimum absolute atomic E-state index is 0.0968. The van der Waals surface area contributed by atoms with E-state index in [1.54, 1.807) is 61.9 Å². The van der Waals surface area contributed by atoms with Crippen molar-refractivity contribution >= 4 is 23.2 Å². The van der Waals surface area contributed by atoms with Gasteiger partial charge >= 0.3 is 12.4 Å². The highest BCUT2D eigenvalue weighted by molar-refractivity contribution is 5.88. The van der Waals surface area contributed by atoms with E-state index in [0.717, 1.165) is 24.3 Å². The fraction of sp³-hybridized carbons (Fsp3) is 0.310. The van der Waals surface area contributed by atoms with Crippen molar-refractivity contribution in [3.05, 3.63) is 96.1 Å². The van der Waals surface area contributed by atoms with Crippen LogP contribution >= 0.6 is 0 Å². The lowest BCUT2D eigenvalue weighted by molar-refractivity contribution is -0.674. The monoisotopic (exact) mass is 606 g/mol. The molecule has 0 amide bonds. The molecule has 0 aliphatic rings. The van der Waals surface area contributed by atoms with E-state index >= 15 is 0 Å². The SMILES string of the molecule is CCn1cc[n+](C)c1C([O-])=Nc1ccc(C(c2cccc(N=C([O-])c3n(CC)cc[n+]3C)c2)(C(F)(F)F)C(F)(F)F)cc1. The molecule has 43 heavy (non-hydrogen) atoms. The highest BCUT2D eigenvalue weighted by Gasteiger charge is 2.72. The first-order valence-electron chi connectivity index (χ1n) is 13.1. The van der Waals surface area contributed by atoms with E-state index in [1.165, 1.54) is 9.13 Å². The number of aromatic nitrogens is 4. The summed E-state index contributed by atoms with van der Waals surface area (Å²) < 4.78 is 94.5. The summed E-state index contributed by atoms with van der Waals surface area (Å²) in [7, 11) is 3.17. The maximum Gasteiger partial charge on any atom is 0.411 e. The molecule has 4 aromatic rings. The Morgan fingerprint density at radius 3 is 1.60 bits per heavy atom. The predicted octanol–water partition coefficient (Wildman–Crippen LogP) is 3.27. The maximum atomic E-state index is 14.7. The Labute approximate surface area is 243 Å². The lowest BCUT2D eigenvalue weighted by Crippen LogP contribution is -2.54. The highest BCUT2D eigenvalue weighted by atomic mass is 19.4. The standard InChI is InChI=1S/C29H28F6N6O2/c1-5-40-16-14-38(3)25(40)23(42)36-21-12-10-19(11-13-21)27(28(30,31)32,29(33,34)35)20-8-7-9-22(18-20)37-24(43)26-39(4)15-17-41(26)6-2/h7-18H,5-6H2,1-4H3. The molecule has 0 aliphatic carbocycles. The van der Waals surface area contributed by atoms with E-state index in [9.17, 15) is 36.6 Å². The highest BCUT2D eigenvalue weighted by Crippen LogP contribution is 2.56. The molecule has 2 aromatic carbocycles. The van der Waals surface area contributed by atoms with Crippen LogP contribution in [0.5, 0.6) is 0 Å². The summed E-state index contributed by atoms with van der Waals surface area (Å²) in [6, 6.07) is 6.59. The Balaban J connectivity index is 1.84. The van der Waals surface area contributed by atoms with Crippen LogP contribution in [-0.4, -0.2) is 33.3 Å². The zero-order valence-corrected chi connectivity index (χ0v) is 23.6. The van der Waals surface area contributed by atoms with Gasteiger partial charge in [0.2, 0.25) is 5.41 Å². The van der Waals surface area contributed by atoms with E-state index < -0.39 is 40.7 Å². The van der Waals surface area contributed by atoms with Gasteiger partial charge in [0.15, 0.2) is 0 Å². The van der Waals surface area contributed by atoms with Crippen molar-refractivity contribution in [3.63, 3.8) is 0 Å². The zero-order chi connectivity index (χ0) is 31.7. The van der Waals surface area contributed by atoms with Gasteiger partial charge in [-0.05, 0) is 49.2 Å². The van der Waals surface area contributed by atoms with Crippen LogP contribution in [0.3, 0.4) is 0 Å². The molecule has 228 valence electrons. The number of hydrogen-bond acceptors (Lipinski definition) is 4. The second-order valence-electron chi connectivity index (χ2n) is 9.71. The summed E-state index contributed by atoms with van der Waals surface area (Å²) in [5, 5.41) is 25.6. The molecular formula is C29H28F6N6O2. The van der Waals surface area contributed by atoms with E-state index in [0.29, 0.717) is 37.4 Å². The summed E-state index contributed by atoms with van der Waals surface area (Å²) in [6.45, 7) is 4.38. The van der Waals surface area contributed by atoms with Crippen molar-refractivity contribution in [3.8, 4) is 0 Å². The second kappa shape index (κ2) is 11.6. The quantitative estimate of drug-likeness (QED) is 0.134. The normalized spacial score (nSPS) is 13.5. The summed E-state index contributed by atoms with van der Waals surface area (Å²) in [4.78, 5) is 7.71.